The highest BCUT2D eigenvalue weighted by atomic mass is 127. The lowest BCUT2D eigenvalue weighted by atomic mass is 10.0. The Morgan fingerprint density at radius 1 is 1.28 bits per heavy atom. The van der Waals surface area contributed by atoms with Gasteiger partial charge in [-0.1, -0.05) is 40.2 Å². The van der Waals surface area contributed by atoms with Crippen LogP contribution in [-0.2, 0) is 6.54 Å². The summed E-state index contributed by atoms with van der Waals surface area (Å²) in [5.41, 5.74) is 1.38. The van der Waals surface area contributed by atoms with Crippen molar-refractivity contribution in [2.75, 3.05) is 26.7 Å². The summed E-state index contributed by atoms with van der Waals surface area (Å²) >= 11 is 3.49. The molecule has 2 rings (SSSR count). The van der Waals surface area contributed by atoms with Crippen molar-refractivity contribution in [1.29, 1.82) is 0 Å². The maximum Gasteiger partial charge on any atom is 0.191 e. The first-order chi connectivity index (χ1) is 11.7. The molecule has 0 aliphatic carbocycles. The molecule has 0 saturated carbocycles. The van der Waals surface area contributed by atoms with Crippen LogP contribution in [0.15, 0.2) is 45.9 Å². The van der Waals surface area contributed by atoms with Crippen LogP contribution in [0.5, 0.6) is 0 Å². The molecule has 0 bridgehead atoms. The van der Waals surface area contributed by atoms with E-state index in [4.69, 9.17) is 0 Å². The third-order valence-corrected chi connectivity index (χ3v) is 4.84. The monoisotopic (exact) mass is 520 g/mol. The van der Waals surface area contributed by atoms with Crippen LogP contribution in [0.1, 0.15) is 31.7 Å². The molecule has 2 N–H and O–H groups in total. The largest absolute Gasteiger partial charge is 0.356 e. The topological polar surface area (TPSA) is 39.7 Å². The minimum absolute atomic E-state index is 0. The number of guanidine groups is 1. The highest BCUT2D eigenvalue weighted by Crippen LogP contribution is 2.16. The Morgan fingerprint density at radius 2 is 1.96 bits per heavy atom. The van der Waals surface area contributed by atoms with Gasteiger partial charge >= 0.3 is 0 Å². The molecular formula is C19H30BrIN4. The van der Waals surface area contributed by atoms with Gasteiger partial charge in [-0.25, -0.2) is 0 Å². The fraction of sp³-hybridized carbons (Fsp3) is 0.526. The molecule has 6 heteroatoms. The van der Waals surface area contributed by atoms with Crippen LogP contribution < -0.4 is 10.6 Å². The lowest BCUT2D eigenvalue weighted by Gasteiger charge is -2.33. The molecular weight excluding hydrogens is 491 g/mol. The molecule has 0 amide bonds. The van der Waals surface area contributed by atoms with Crippen molar-refractivity contribution in [3.8, 4) is 0 Å². The second-order valence-electron chi connectivity index (χ2n) is 6.18. The SMILES string of the molecule is C/C=C/CCNC(=NC)NC1CCN(Cc2ccc(Br)cc2)CC1.I. The van der Waals surface area contributed by atoms with Crippen LogP contribution >= 0.6 is 39.9 Å². The minimum atomic E-state index is 0. The number of halogens is 2. The van der Waals surface area contributed by atoms with Crippen molar-refractivity contribution in [2.45, 2.75) is 38.8 Å². The van der Waals surface area contributed by atoms with Crippen LogP contribution in [0.3, 0.4) is 0 Å². The van der Waals surface area contributed by atoms with E-state index in [-0.39, 0.29) is 24.0 Å². The van der Waals surface area contributed by atoms with Crippen molar-refractivity contribution in [2.24, 2.45) is 4.99 Å². The summed E-state index contributed by atoms with van der Waals surface area (Å²) in [4.78, 5) is 6.86. The number of nitrogens with zero attached hydrogens (tertiary/aromatic N) is 2. The molecule has 1 heterocycles. The fourth-order valence-corrected chi connectivity index (χ4v) is 3.18. The standard InChI is InChI=1S/C19H29BrN4.HI/c1-3-4-5-12-22-19(21-2)23-18-10-13-24(14-11-18)15-16-6-8-17(20)9-7-16;/h3-4,6-9,18H,5,10-15H2,1-2H3,(H2,21,22,23);1H/b4-3+;. The maximum absolute atomic E-state index is 4.33. The van der Waals surface area contributed by atoms with Crippen molar-refractivity contribution in [3.05, 3.63) is 46.5 Å². The summed E-state index contributed by atoms with van der Waals surface area (Å²) in [6.07, 6.45) is 7.60. The number of hydrogen-bond donors (Lipinski definition) is 2. The number of allylic oxidation sites excluding steroid dienone is 1. The van der Waals surface area contributed by atoms with Crippen LogP contribution in [0.4, 0.5) is 0 Å². The fourth-order valence-electron chi connectivity index (χ4n) is 2.91. The zero-order valence-corrected chi connectivity index (χ0v) is 19.1. The first kappa shape index (κ1) is 22.4. The zero-order valence-electron chi connectivity index (χ0n) is 15.2. The van der Waals surface area contributed by atoms with Gasteiger partial charge in [0.1, 0.15) is 0 Å². The van der Waals surface area contributed by atoms with Gasteiger partial charge < -0.3 is 10.6 Å². The van der Waals surface area contributed by atoms with Crippen molar-refractivity contribution >= 4 is 45.9 Å². The number of aliphatic imine (C=N–C) groups is 1. The van der Waals surface area contributed by atoms with E-state index in [0.717, 1.165) is 55.9 Å². The predicted molar refractivity (Wildman–Crippen MR) is 122 cm³/mol. The number of hydrogen-bond acceptors (Lipinski definition) is 2. The Labute approximate surface area is 177 Å². The second kappa shape index (κ2) is 12.7. The number of rotatable bonds is 6. The molecule has 0 aromatic heterocycles. The summed E-state index contributed by atoms with van der Waals surface area (Å²) in [6.45, 7) is 6.27. The van der Waals surface area contributed by atoms with Crippen LogP contribution in [-0.4, -0.2) is 43.6 Å². The van der Waals surface area contributed by atoms with Gasteiger partial charge in [-0.2, -0.15) is 0 Å². The molecule has 140 valence electrons. The molecule has 25 heavy (non-hydrogen) atoms. The summed E-state index contributed by atoms with van der Waals surface area (Å²) in [5.74, 6) is 0.922. The Morgan fingerprint density at radius 3 is 2.56 bits per heavy atom. The number of nitrogens with one attached hydrogen (secondary N) is 2. The van der Waals surface area contributed by atoms with E-state index in [1.165, 1.54) is 5.56 Å². The average molecular weight is 521 g/mol. The zero-order chi connectivity index (χ0) is 17.2. The first-order valence-corrected chi connectivity index (χ1v) is 9.55. The van der Waals surface area contributed by atoms with Gasteiger partial charge in [0.25, 0.3) is 0 Å². The summed E-state index contributed by atoms with van der Waals surface area (Å²) in [5, 5.41) is 6.93. The van der Waals surface area contributed by atoms with Crippen molar-refractivity contribution in [1.82, 2.24) is 15.5 Å². The maximum atomic E-state index is 4.33. The smallest absolute Gasteiger partial charge is 0.191 e. The van der Waals surface area contributed by atoms with Gasteiger partial charge in [0.05, 0.1) is 0 Å². The molecule has 1 aromatic carbocycles. The van der Waals surface area contributed by atoms with Crippen molar-refractivity contribution < 1.29 is 0 Å². The van der Waals surface area contributed by atoms with E-state index in [9.17, 15) is 0 Å². The Hall–Kier alpha value is -0.600. The summed E-state index contributed by atoms with van der Waals surface area (Å²) in [6, 6.07) is 9.15. The Bertz CT molecular complexity index is 537. The summed E-state index contributed by atoms with van der Waals surface area (Å²) < 4.78 is 1.14. The first-order valence-electron chi connectivity index (χ1n) is 8.76. The minimum Gasteiger partial charge on any atom is -0.356 e. The quantitative estimate of drug-likeness (QED) is 0.194. The molecule has 4 nitrogen and oxygen atoms in total. The second-order valence-corrected chi connectivity index (χ2v) is 7.09. The molecule has 1 aliphatic heterocycles. The van der Waals surface area contributed by atoms with E-state index in [1.807, 2.05) is 7.05 Å². The molecule has 0 radical (unpaired) electrons. The van der Waals surface area contributed by atoms with Crippen LogP contribution in [0, 0.1) is 0 Å². The summed E-state index contributed by atoms with van der Waals surface area (Å²) in [7, 11) is 1.84. The van der Waals surface area contributed by atoms with Crippen LogP contribution in [0.2, 0.25) is 0 Å². The molecule has 1 fully saturated rings. The highest BCUT2D eigenvalue weighted by Gasteiger charge is 2.19. The van der Waals surface area contributed by atoms with Gasteiger partial charge in [0.15, 0.2) is 5.96 Å². The average Bonchev–Trinajstić information content (AvgIpc) is 2.61. The van der Waals surface area contributed by atoms with Gasteiger partial charge in [0, 0.05) is 43.7 Å². The van der Waals surface area contributed by atoms with E-state index < -0.39 is 0 Å². The molecule has 0 spiro atoms. The molecule has 0 atom stereocenters. The van der Waals surface area contributed by atoms with Gasteiger partial charge in [0.2, 0.25) is 0 Å². The van der Waals surface area contributed by atoms with Gasteiger partial charge in [-0.15, -0.1) is 24.0 Å². The van der Waals surface area contributed by atoms with Gasteiger partial charge in [-0.3, -0.25) is 9.89 Å². The molecule has 1 aliphatic rings. The number of benzene rings is 1. The van der Waals surface area contributed by atoms with E-state index in [2.05, 4.69) is 79.8 Å². The lowest BCUT2D eigenvalue weighted by Crippen LogP contribution is -2.48. The van der Waals surface area contributed by atoms with Crippen LogP contribution in [0.25, 0.3) is 0 Å². The normalized spacial score (nSPS) is 16.7. The van der Waals surface area contributed by atoms with Crippen molar-refractivity contribution in [3.63, 3.8) is 0 Å². The molecule has 1 aromatic rings. The third kappa shape index (κ3) is 8.55. The molecule has 1 saturated heterocycles. The Kier molecular flexibility index (Phi) is 11.4. The number of piperidine rings is 1. The third-order valence-electron chi connectivity index (χ3n) is 4.31. The van der Waals surface area contributed by atoms with E-state index in [1.54, 1.807) is 0 Å². The predicted octanol–water partition coefficient (Wildman–Crippen LogP) is 4.16. The highest BCUT2D eigenvalue weighted by molar-refractivity contribution is 14.0. The lowest BCUT2D eigenvalue weighted by molar-refractivity contribution is 0.198. The Balaban J connectivity index is 0.00000312. The number of likely N-dealkylation sites (tertiary alicyclic amines) is 1. The van der Waals surface area contributed by atoms with E-state index >= 15 is 0 Å². The van der Waals surface area contributed by atoms with Gasteiger partial charge in [-0.05, 0) is 43.9 Å². The molecule has 0 unspecified atom stereocenters. The van der Waals surface area contributed by atoms with E-state index in [0.29, 0.717) is 6.04 Å².